The maximum absolute atomic E-state index is 12.7. The number of benzene rings is 2. The molecule has 2 aromatic rings. The van der Waals surface area contributed by atoms with Crippen LogP contribution < -0.4 is 10.1 Å². The predicted octanol–water partition coefficient (Wildman–Crippen LogP) is 3.42. The van der Waals surface area contributed by atoms with E-state index in [-0.39, 0.29) is 23.8 Å². The zero-order valence-electron chi connectivity index (χ0n) is 15.9. The van der Waals surface area contributed by atoms with Crippen molar-refractivity contribution in [3.8, 4) is 5.75 Å². The molecule has 5 nitrogen and oxygen atoms in total. The molecule has 0 bridgehead atoms. The van der Waals surface area contributed by atoms with Gasteiger partial charge in [-0.1, -0.05) is 36.4 Å². The molecule has 1 heterocycles. The van der Waals surface area contributed by atoms with Crippen LogP contribution in [0, 0.1) is 5.92 Å². The van der Waals surface area contributed by atoms with E-state index in [0.717, 1.165) is 5.56 Å². The van der Waals surface area contributed by atoms with Crippen molar-refractivity contribution in [2.24, 2.45) is 5.92 Å². The van der Waals surface area contributed by atoms with Gasteiger partial charge in [0.2, 0.25) is 5.91 Å². The minimum absolute atomic E-state index is 0.00888. The Morgan fingerprint density at radius 1 is 1.07 bits per heavy atom. The SMILES string of the molecule is COc1cccc(C(=O)N2CCC(C(=O)NC(C)c3ccccc3)CC2)c1. The Labute approximate surface area is 160 Å². The second kappa shape index (κ2) is 8.71. The molecule has 2 aromatic carbocycles. The average Bonchev–Trinajstić information content (AvgIpc) is 2.74. The summed E-state index contributed by atoms with van der Waals surface area (Å²) < 4.78 is 5.19. The second-order valence-electron chi connectivity index (χ2n) is 6.94. The number of carbonyl (C=O) groups is 2. The number of carbonyl (C=O) groups excluding carboxylic acids is 2. The van der Waals surface area contributed by atoms with Crippen LogP contribution in [0.1, 0.15) is 41.7 Å². The summed E-state index contributed by atoms with van der Waals surface area (Å²) in [5, 5.41) is 3.10. The second-order valence-corrected chi connectivity index (χ2v) is 6.94. The van der Waals surface area contributed by atoms with Crippen LogP contribution in [0.15, 0.2) is 54.6 Å². The van der Waals surface area contributed by atoms with Crippen LogP contribution in [-0.4, -0.2) is 36.9 Å². The van der Waals surface area contributed by atoms with Crippen molar-refractivity contribution >= 4 is 11.8 Å². The summed E-state index contributed by atoms with van der Waals surface area (Å²) in [5.74, 6) is 0.681. The summed E-state index contributed by atoms with van der Waals surface area (Å²) in [6, 6.07) is 17.1. The number of nitrogens with zero attached hydrogens (tertiary/aromatic N) is 1. The third-order valence-electron chi connectivity index (χ3n) is 5.13. The lowest BCUT2D eigenvalue weighted by Gasteiger charge is -2.32. The molecule has 1 N–H and O–H groups in total. The maximum atomic E-state index is 12.7. The number of ether oxygens (including phenoxy) is 1. The Balaban J connectivity index is 1.53. The van der Waals surface area contributed by atoms with E-state index in [2.05, 4.69) is 5.32 Å². The first-order chi connectivity index (χ1) is 13.1. The van der Waals surface area contributed by atoms with Crippen molar-refractivity contribution in [3.63, 3.8) is 0 Å². The summed E-state index contributed by atoms with van der Waals surface area (Å²) in [7, 11) is 1.59. The largest absolute Gasteiger partial charge is 0.497 e. The normalized spacial score (nSPS) is 15.9. The van der Waals surface area contributed by atoms with Gasteiger partial charge < -0.3 is 15.0 Å². The number of hydrogen-bond acceptors (Lipinski definition) is 3. The fraction of sp³-hybridized carbons (Fsp3) is 0.364. The summed E-state index contributed by atoms with van der Waals surface area (Å²) in [4.78, 5) is 27.1. The Bertz CT molecular complexity index is 783. The minimum Gasteiger partial charge on any atom is -0.497 e. The van der Waals surface area contributed by atoms with E-state index in [1.54, 1.807) is 19.2 Å². The molecular weight excluding hydrogens is 340 g/mol. The number of likely N-dealkylation sites (tertiary alicyclic amines) is 1. The van der Waals surface area contributed by atoms with Gasteiger partial charge in [0, 0.05) is 24.6 Å². The van der Waals surface area contributed by atoms with Crippen molar-refractivity contribution in [3.05, 3.63) is 65.7 Å². The predicted molar refractivity (Wildman–Crippen MR) is 105 cm³/mol. The summed E-state index contributed by atoms with van der Waals surface area (Å²) in [5.41, 5.74) is 1.71. The van der Waals surface area contributed by atoms with E-state index in [1.165, 1.54) is 0 Å². The first-order valence-electron chi connectivity index (χ1n) is 9.37. The number of piperidine rings is 1. The van der Waals surface area contributed by atoms with Gasteiger partial charge in [0.05, 0.1) is 13.2 Å². The third kappa shape index (κ3) is 4.67. The van der Waals surface area contributed by atoms with E-state index in [4.69, 9.17) is 4.74 Å². The number of nitrogens with one attached hydrogen (secondary N) is 1. The molecule has 0 spiro atoms. The molecule has 5 heteroatoms. The Morgan fingerprint density at radius 3 is 2.44 bits per heavy atom. The van der Waals surface area contributed by atoms with Gasteiger partial charge in [-0.3, -0.25) is 9.59 Å². The molecule has 1 unspecified atom stereocenters. The Kier molecular flexibility index (Phi) is 6.12. The van der Waals surface area contributed by atoms with E-state index < -0.39 is 0 Å². The van der Waals surface area contributed by atoms with Crippen LogP contribution in [0.5, 0.6) is 5.75 Å². The Hall–Kier alpha value is -2.82. The topological polar surface area (TPSA) is 58.6 Å². The van der Waals surface area contributed by atoms with Crippen molar-refractivity contribution in [1.82, 2.24) is 10.2 Å². The molecule has 1 fully saturated rings. The van der Waals surface area contributed by atoms with Gasteiger partial charge in [-0.2, -0.15) is 0 Å². The van der Waals surface area contributed by atoms with Crippen LogP contribution in [0.4, 0.5) is 0 Å². The fourth-order valence-corrected chi connectivity index (χ4v) is 3.44. The molecule has 27 heavy (non-hydrogen) atoms. The average molecular weight is 366 g/mol. The van der Waals surface area contributed by atoms with Gasteiger partial charge in [0.15, 0.2) is 0 Å². The van der Waals surface area contributed by atoms with Crippen molar-refractivity contribution in [2.45, 2.75) is 25.8 Å². The van der Waals surface area contributed by atoms with E-state index in [9.17, 15) is 9.59 Å². The molecule has 1 atom stereocenters. The van der Waals surface area contributed by atoms with Crippen molar-refractivity contribution in [1.29, 1.82) is 0 Å². The lowest BCUT2D eigenvalue weighted by molar-refractivity contribution is -0.126. The van der Waals surface area contributed by atoms with Gasteiger partial charge in [-0.05, 0) is 43.5 Å². The van der Waals surface area contributed by atoms with Gasteiger partial charge in [-0.15, -0.1) is 0 Å². The number of amides is 2. The third-order valence-corrected chi connectivity index (χ3v) is 5.13. The van der Waals surface area contributed by atoms with E-state index >= 15 is 0 Å². The molecule has 3 rings (SSSR count). The lowest BCUT2D eigenvalue weighted by atomic mass is 9.94. The molecule has 0 aliphatic carbocycles. The molecule has 2 amide bonds. The number of methoxy groups -OCH3 is 1. The van der Waals surface area contributed by atoms with Gasteiger partial charge in [0.25, 0.3) is 5.91 Å². The van der Waals surface area contributed by atoms with Gasteiger partial charge in [-0.25, -0.2) is 0 Å². The highest BCUT2D eigenvalue weighted by atomic mass is 16.5. The number of rotatable bonds is 5. The first-order valence-corrected chi connectivity index (χ1v) is 9.37. The zero-order chi connectivity index (χ0) is 19.2. The van der Waals surface area contributed by atoms with Crippen LogP contribution in [0.3, 0.4) is 0 Å². The molecule has 1 aliphatic heterocycles. The maximum Gasteiger partial charge on any atom is 0.253 e. The van der Waals surface area contributed by atoms with E-state index in [0.29, 0.717) is 37.2 Å². The highest BCUT2D eigenvalue weighted by molar-refractivity contribution is 5.94. The van der Waals surface area contributed by atoms with Crippen LogP contribution >= 0.6 is 0 Å². The van der Waals surface area contributed by atoms with Crippen molar-refractivity contribution in [2.75, 3.05) is 20.2 Å². The molecule has 1 saturated heterocycles. The molecule has 0 aromatic heterocycles. The molecule has 0 saturated carbocycles. The first kappa shape index (κ1) is 19.0. The fourth-order valence-electron chi connectivity index (χ4n) is 3.44. The summed E-state index contributed by atoms with van der Waals surface area (Å²) in [6.07, 6.45) is 1.37. The van der Waals surface area contributed by atoms with E-state index in [1.807, 2.05) is 54.3 Å². The van der Waals surface area contributed by atoms with Gasteiger partial charge in [0.1, 0.15) is 5.75 Å². The summed E-state index contributed by atoms with van der Waals surface area (Å²) >= 11 is 0. The van der Waals surface area contributed by atoms with Gasteiger partial charge >= 0.3 is 0 Å². The highest BCUT2D eigenvalue weighted by Crippen LogP contribution is 2.22. The van der Waals surface area contributed by atoms with Crippen molar-refractivity contribution < 1.29 is 14.3 Å². The number of hydrogen-bond donors (Lipinski definition) is 1. The Morgan fingerprint density at radius 2 is 1.78 bits per heavy atom. The lowest BCUT2D eigenvalue weighted by Crippen LogP contribution is -2.43. The molecule has 142 valence electrons. The standard InChI is InChI=1S/C22H26N2O3/c1-16(17-7-4-3-5-8-17)23-21(25)18-11-13-24(14-12-18)22(26)19-9-6-10-20(15-19)27-2/h3-10,15-16,18H,11-14H2,1-2H3,(H,23,25). The molecular formula is C22H26N2O3. The van der Waals surface area contributed by atoms with Crippen LogP contribution in [-0.2, 0) is 4.79 Å². The van der Waals surface area contributed by atoms with Crippen LogP contribution in [0.25, 0.3) is 0 Å². The minimum atomic E-state index is -0.0504. The monoisotopic (exact) mass is 366 g/mol. The molecule has 1 aliphatic rings. The molecule has 0 radical (unpaired) electrons. The highest BCUT2D eigenvalue weighted by Gasteiger charge is 2.28. The quantitative estimate of drug-likeness (QED) is 0.882. The smallest absolute Gasteiger partial charge is 0.253 e. The van der Waals surface area contributed by atoms with Crippen LogP contribution in [0.2, 0.25) is 0 Å². The summed E-state index contributed by atoms with van der Waals surface area (Å²) in [6.45, 7) is 3.18. The zero-order valence-corrected chi connectivity index (χ0v) is 15.9.